The Balaban J connectivity index is 1.88. The molecule has 1 amide bonds. The van der Waals surface area contributed by atoms with E-state index in [9.17, 15) is 4.79 Å². The Morgan fingerprint density at radius 2 is 1.96 bits per heavy atom. The van der Waals surface area contributed by atoms with Crippen LogP contribution in [0.4, 0.5) is 5.69 Å². The highest BCUT2D eigenvalue weighted by molar-refractivity contribution is 6.30. The van der Waals surface area contributed by atoms with Crippen molar-refractivity contribution in [1.82, 2.24) is 20.0 Å². The number of carbonyl (C=O) groups is 1. The molecule has 0 saturated carbocycles. The summed E-state index contributed by atoms with van der Waals surface area (Å²) >= 11 is 5.86. The van der Waals surface area contributed by atoms with E-state index in [1.807, 2.05) is 6.92 Å². The highest BCUT2D eigenvalue weighted by Crippen LogP contribution is 2.18. The van der Waals surface area contributed by atoms with Crippen LogP contribution >= 0.6 is 11.6 Å². The fraction of sp³-hybridized carbons (Fsp3) is 0.176. The number of hydrogen-bond donors (Lipinski definition) is 1. The molecule has 0 aliphatic rings. The van der Waals surface area contributed by atoms with Gasteiger partial charge in [-0.15, -0.1) is 10.2 Å². The lowest BCUT2D eigenvalue weighted by Crippen LogP contribution is -2.14. The molecule has 3 aromatic rings. The van der Waals surface area contributed by atoms with Gasteiger partial charge in [0.25, 0.3) is 5.91 Å². The molecule has 2 aromatic heterocycles. The van der Waals surface area contributed by atoms with Crippen LogP contribution in [0, 0.1) is 0 Å². The maximum Gasteiger partial charge on any atom is 0.259 e. The van der Waals surface area contributed by atoms with Crippen LogP contribution in [0.15, 0.2) is 42.6 Å². The lowest BCUT2D eigenvalue weighted by Gasteiger charge is -2.08. The molecular weight excluding hydrogens is 342 g/mol. The molecule has 0 aliphatic heterocycles. The van der Waals surface area contributed by atoms with Gasteiger partial charge in [-0.2, -0.15) is 5.10 Å². The van der Waals surface area contributed by atoms with Gasteiger partial charge in [0.2, 0.25) is 5.88 Å². The number of amides is 1. The van der Waals surface area contributed by atoms with Gasteiger partial charge in [0.15, 0.2) is 5.82 Å². The van der Waals surface area contributed by atoms with Crippen LogP contribution in [-0.4, -0.2) is 33.0 Å². The van der Waals surface area contributed by atoms with E-state index in [2.05, 4.69) is 20.6 Å². The molecule has 128 valence electrons. The van der Waals surface area contributed by atoms with Gasteiger partial charge >= 0.3 is 0 Å². The first-order chi connectivity index (χ1) is 12.1. The third kappa shape index (κ3) is 3.61. The van der Waals surface area contributed by atoms with Gasteiger partial charge in [-0.25, -0.2) is 4.68 Å². The Morgan fingerprint density at radius 3 is 2.56 bits per heavy atom. The summed E-state index contributed by atoms with van der Waals surface area (Å²) in [5.41, 5.74) is 1.88. The Bertz CT molecular complexity index is 875. The number of anilines is 1. The number of nitrogens with one attached hydrogen (secondary N) is 1. The van der Waals surface area contributed by atoms with Crippen molar-refractivity contribution < 1.29 is 9.53 Å². The summed E-state index contributed by atoms with van der Waals surface area (Å²) in [6, 6.07) is 10.3. The molecule has 0 aliphatic carbocycles. The number of benzene rings is 1. The number of carbonyl (C=O) groups excluding carboxylic acids is 1. The fourth-order valence-electron chi connectivity index (χ4n) is 2.37. The van der Waals surface area contributed by atoms with Crippen molar-refractivity contribution in [2.45, 2.75) is 13.3 Å². The van der Waals surface area contributed by atoms with E-state index in [0.717, 1.165) is 5.69 Å². The molecule has 0 unspecified atom stereocenters. The van der Waals surface area contributed by atoms with E-state index < -0.39 is 0 Å². The highest BCUT2D eigenvalue weighted by atomic mass is 35.5. The van der Waals surface area contributed by atoms with Gasteiger partial charge in [-0.05, 0) is 36.8 Å². The predicted octanol–water partition coefficient (Wildman–Crippen LogP) is 3.14. The molecular formula is C17H16ClN5O2. The van der Waals surface area contributed by atoms with E-state index >= 15 is 0 Å². The maximum absolute atomic E-state index is 12.6. The zero-order valence-corrected chi connectivity index (χ0v) is 14.5. The first-order valence-corrected chi connectivity index (χ1v) is 8.02. The van der Waals surface area contributed by atoms with Gasteiger partial charge in [0.1, 0.15) is 0 Å². The van der Waals surface area contributed by atoms with E-state index in [-0.39, 0.29) is 5.91 Å². The second-order valence-corrected chi connectivity index (χ2v) is 5.60. The summed E-state index contributed by atoms with van der Waals surface area (Å²) in [4.78, 5) is 12.6. The van der Waals surface area contributed by atoms with Gasteiger partial charge in [0, 0.05) is 16.8 Å². The number of hydrogen-bond acceptors (Lipinski definition) is 5. The standard InChI is InChI=1S/C17H16ClN5O2/c1-3-14-13(17(24)20-12-6-4-11(18)5-7-12)10-19-23(14)15-8-9-16(25-2)22-21-15/h4-10H,3H2,1-2H3,(H,20,24). The fourth-order valence-corrected chi connectivity index (χ4v) is 2.49. The van der Waals surface area contributed by atoms with E-state index in [0.29, 0.717) is 34.4 Å². The van der Waals surface area contributed by atoms with Gasteiger partial charge < -0.3 is 10.1 Å². The molecule has 1 aromatic carbocycles. The topological polar surface area (TPSA) is 81.9 Å². The lowest BCUT2D eigenvalue weighted by molar-refractivity contribution is 0.102. The van der Waals surface area contributed by atoms with Crippen LogP contribution in [0.25, 0.3) is 5.82 Å². The van der Waals surface area contributed by atoms with E-state index in [1.54, 1.807) is 41.1 Å². The van der Waals surface area contributed by atoms with Crippen molar-refractivity contribution in [1.29, 1.82) is 0 Å². The Kier molecular flexibility index (Phi) is 4.95. The largest absolute Gasteiger partial charge is 0.480 e. The molecule has 0 spiro atoms. The summed E-state index contributed by atoms with van der Waals surface area (Å²) < 4.78 is 6.60. The molecule has 1 N–H and O–H groups in total. The zero-order valence-electron chi connectivity index (χ0n) is 13.7. The molecule has 0 saturated heterocycles. The average molecular weight is 358 g/mol. The Hall–Kier alpha value is -2.93. The first kappa shape index (κ1) is 16.9. The van der Waals surface area contributed by atoms with Crippen molar-refractivity contribution in [3.05, 3.63) is 58.9 Å². The van der Waals surface area contributed by atoms with Crippen molar-refractivity contribution in [2.75, 3.05) is 12.4 Å². The number of methoxy groups -OCH3 is 1. The number of ether oxygens (including phenoxy) is 1. The molecule has 0 atom stereocenters. The number of halogens is 1. The molecule has 25 heavy (non-hydrogen) atoms. The SMILES string of the molecule is CCc1c(C(=O)Nc2ccc(Cl)cc2)cnn1-c1ccc(OC)nn1. The number of nitrogens with zero attached hydrogens (tertiary/aromatic N) is 4. The third-order valence-electron chi connectivity index (χ3n) is 3.60. The summed E-state index contributed by atoms with van der Waals surface area (Å²) in [6.07, 6.45) is 2.13. The summed E-state index contributed by atoms with van der Waals surface area (Å²) in [5, 5.41) is 15.7. The normalized spacial score (nSPS) is 10.5. The van der Waals surface area contributed by atoms with E-state index in [4.69, 9.17) is 16.3 Å². The van der Waals surface area contributed by atoms with Crippen LogP contribution in [0.5, 0.6) is 5.88 Å². The second kappa shape index (κ2) is 7.31. The molecule has 2 heterocycles. The molecule has 3 rings (SSSR count). The van der Waals surface area contributed by atoms with Crippen LogP contribution in [0.2, 0.25) is 5.02 Å². The summed E-state index contributed by atoms with van der Waals surface area (Å²) in [5.74, 6) is 0.685. The molecule has 7 nitrogen and oxygen atoms in total. The Labute approximate surface area is 149 Å². The van der Waals surface area contributed by atoms with Crippen LogP contribution in [-0.2, 0) is 6.42 Å². The highest BCUT2D eigenvalue weighted by Gasteiger charge is 2.18. The van der Waals surface area contributed by atoms with Gasteiger partial charge in [-0.3, -0.25) is 4.79 Å². The Morgan fingerprint density at radius 1 is 1.20 bits per heavy atom. The quantitative estimate of drug-likeness (QED) is 0.758. The monoisotopic (exact) mass is 357 g/mol. The predicted molar refractivity (Wildman–Crippen MR) is 94.5 cm³/mol. The number of aromatic nitrogens is 4. The zero-order chi connectivity index (χ0) is 17.8. The van der Waals surface area contributed by atoms with Crippen molar-refractivity contribution in [2.24, 2.45) is 0 Å². The molecule has 8 heteroatoms. The smallest absolute Gasteiger partial charge is 0.259 e. The van der Waals surface area contributed by atoms with E-state index in [1.165, 1.54) is 13.3 Å². The first-order valence-electron chi connectivity index (χ1n) is 7.64. The molecule has 0 bridgehead atoms. The minimum Gasteiger partial charge on any atom is -0.480 e. The van der Waals surface area contributed by atoms with Gasteiger partial charge in [-0.1, -0.05) is 18.5 Å². The minimum atomic E-state index is -0.244. The summed E-state index contributed by atoms with van der Waals surface area (Å²) in [7, 11) is 1.52. The lowest BCUT2D eigenvalue weighted by atomic mass is 10.2. The van der Waals surface area contributed by atoms with Crippen LogP contribution < -0.4 is 10.1 Å². The van der Waals surface area contributed by atoms with Gasteiger partial charge in [0.05, 0.1) is 24.6 Å². The average Bonchev–Trinajstić information content (AvgIpc) is 3.08. The van der Waals surface area contributed by atoms with Crippen molar-refractivity contribution >= 4 is 23.2 Å². The minimum absolute atomic E-state index is 0.244. The number of rotatable bonds is 5. The van der Waals surface area contributed by atoms with Crippen molar-refractivity contribution in [3.63, 3.8) is 0 Å². The third-order valence-corrected chi connectivity index (χ3v) is 3.85. The summed E-state index contributed by atoms with van der Waals surface area (Å²) in [6.45, 7) is 1.95. The maximum atomic E-state index is 12.6. The van der Waals surface area contributed by atoms with Crippen LogP contribution in [0.1, 0.15) is 23.0 Å². The van der Waals surface area contributed by atoms with Crippen molar-refractivity contribution in [3.8, 4) is 11.7 Å². The second-order valence-electron chi connectivity index (χ2n) is 5.17. The molecule has 0 fully saturated rings. The molecule has 0 radical (unpaired) electrons. The van der Waals surface area contributed by atoms with Crippen LogP contribution in [0.3, 0.4) is 0 Å².